The molecule has 2 heterocycles. The lowest BCUT2D eigenvalue weighted by molar-refractivity contribution is -0.0875. The van der Waals surface area contributed by atoms with Crippen molar-refractivity contribution in [3.05, 3.63) is 85.3 Å². The SMILES string of the molecule is C=CON1CCC(Oc2ccc(NC(=O)Nc3ccc(C)c(Oc4ccnc5cc(OC)c(OC)cc45)c3)cc2)C1. The number of ether oxygens (including phenoxy) is 4. The quantitative estimate of drug-likeness (QED) is 0.213. The number of benzene rings is 3. The molecular weight excluding hydrogens is 524 g/mol. The molecule has 0 radical (unpaired) electrons. The summed E-state index contributed by atoms with van der Waals surface area (Å²) in [5.74, 6) is 3.07. The molecule has 4 aromatic rings. The topological polar surface area (TPSA) is 103 Å². The van der Waals surface area contributed by atoms with E-state index in [0.29, 0.717) is 46.4 Å². The van der Waals surface area contributed by atoms with Gasteiger partial charge in [0.25, 0.3) is 0 Å². The molecule has 1 atom stereocenters. The van der Waals surface area contributed by atoms with Crippen molar-refractivity contribution in [3.63, 3.8) is 0 Å². The van der Waals surface area contributed by atoms with Crippen LogP contribution in [0.5, 0.6) is 28.7 Å². The number of anilines is 2. The molecule has 1 fully saturated rings. The highest BCUT2D eigenvalue weighted by atomic mass is 16.7. The van der Waals surface area contributed by atoms with E-state index < -0.39 is 0 Å². The Balaban J connectivity index is 1.23. The molecule has 0 bridgehead atoms. The van der Waals surface area contributed by atoms with Crippen molar-refractivity contribution in [2.45, 2.75) is 19.4 Å². The molecule has 1 aromatic heterocycles. The highest BCUT2D eigenvalue weighted by Crippen LogP contribution is 2.38. The molecular formula is C31H32N4O6. The molecule has 5 rings (SSSR count). The second kappa shape index (κ2) is 12.5. The number of nitrogens with zero attached hydrogens (tertiary/aromatic N) is 2. The highest BCUT2D eigenvalue weighted by molar-refractivity contribution is 6.00. The number of nitrogens with one attached hydrogen (secondary N) is 2. The third-order valence-corrected chi connectivity index (χ3v) is 6.62. The number of rotatable bonds is 10. The van der Waals surface area contributed by atoms with Gasteiger partial charge >= 0.3 is 6.03 Å². The normalized spacial score (nSPS) is 14.8. The first-order valence-corrected chi connectivity index (χ1v) is 13.1. The number of methoxy groups -OCH3 is 2. The molecule has 10 nitrogen and oxygen atoms in total. The summed E-state index contributed by atoms with van der Waals surface area (Å²) < 4.78 is 23.2. The smallest absolute Gasteiger partial charge is 0.323 e. The van der Waals surface area contributed by atoms with Crippen molar-refractivity contribution >= 4 is 28.3 Å². The number of pyridine rings is 1. The number of carbonyl (C=O) groups excluding carboxylic acids is 1. The molecule has 212 valence electrons. The van der Waals surface area contributed by atoms with Gasteiger partial charge in [-0.15, -0.1) is 5.06 Å². The van der Waals surface area contributed by atoms with Gasteiger partial charge in [0.15, 0.2) is 11.5 Å². The van der Waals surface area contributed by atoms with E-state index in [2.05, 4.69) is 22.2 Å². The van der Waals surface area contributed by atoms with Crippen LogP contribution in [0.3, 0.4) is 0 Å². The summed E-state index contributed by atoms with van der Waals surface area (Å²) >= 11 is 0. The number of hydroxylamine groups is 2. The van der Waals surface area contributed by atoms with E-state index in [-0.39, 0.29) is 12.1 Å². The molecule has 2 N–H and O–H groups in total. The van der Waals surface area contributed by atoms with Gasteiger partial charge in [-0.2, -0.15) is 0 Å². The van der Waals surface area contributed by atoms with Crippen molar-refractivity contribution in [3.8, 4) is 28.7 Å². The average Bonchev–Trinajstić information content (AvgIpc) is 3.42. The first kappa shape index (κ1) is 27.6. The first-order chi connectivity index (χ1) is 19.9. The summed E-state index contributed by atoms with van der Waals surface area (Å²) in [4.78, 5) is 22.5. The number of urea groups is 1. The summed E-state index contributed by atoms with van der Waals surface area (Å²) in [6.45, 7) is 6.96. The second-order valence-corrected chi connectivity index (χ2v) is 9.41. The minimum Gasteiger partial charge on any atom is -0.493 e. The van der Waals surface area contributed by atoms with Crippen LogP contribution in [-0.4, -0.2) is 49.5 Å². The van der Waals surface area contributed by atoms with Gasteiger partial charge in [-0.25, -0.2) is 4.79 Å². The van der Waals surface area contributed by atoms with Crippen LogP contribution in [0.15, 0.2) is 79.7 Å². The van der Waals surface area contributed by atoms with Crippen LogP contribution in [0, 0.1) is 6.92 Å². The van der Waals surface area contributed by atoms with Gasteiger partial charge in [0, 0.05) is 48.1 Å². The van der Waals surface area contributed by atoms with Crippen LogP contribution in [0.4, 0.5) is 16.2 Å². The number of aromatic nitrogens is 1. The number of hydrogen-bond acceptors (Lipinski definition) is 8. The maximum absolute atomic E-state index is 12.7. The zero-order valence-corrected chi connectivity index (χ0v) is 23.2. The monoisotopic (exact) mass is 556 g/mol. The minimum atomic E-state index is -0.382. The zero-order chi connectivity index (χ0) is 28.8. The van der Waals surface area contributed by atoms with Crippen LogP contribution < -0.4 is 29.6 Å². The maximum Gasteiger partial charge on any atom is 0.323 e. The van der Waals surface area contributed by atoms with Crippen molar-refractivity contribution < 1.29 is 28.6 Å². The van der Waals surface area contributed by atoms with Gasteiger partial charge in [-0.05, 0) is 55.0 Å². The molecule has 1 aliphatic heterocycles. The Bertz CT molecular complexity index is 1540. The van der Waals surface area contributed by atoms with Crippen molar-refractivity contribution in [2.24, 2.45) is 0 Å². The zero-order valence-electron chi connectivity index (χ0n) is 23.2. The van der Waals surface area contributed by atoms with E-state index in [0.717, 1.165) is 29.7 Å². The fourth-order valence-electron chi connectivity index (χ4n) is 4.54. The number of aryl methyl sites for hydroxylation is 1. The van der Waals surface area contributed by atoms with Crippen molar-refractivity contribution in [2.75, 3.05) is 37.9 Å². The Kier molecular flexibility index (Phi) is 8.40. The summed E-state index contributed by atoms with van der Waals surface area (Å²) in [6.07, 6.45) is 3.98. The third kappa shape index (κ3) is 6.62. The second-order valence-electron chi connectivity index (χ2n) is 9.41. The lowest BCUT2D eigenvalue weighted by atomic mass is 10.1. The van der Waals surface area contributed by atoms with Gasteiger partial charge in [-0.3, -0.25) is 4.98 Å². The van der Waals surface area contributed by atoms with Gasteiger partial charge in [0.1, 0.15) is 29.6 Å². The average molecular weight is 557 g/mol. The Morgan fingerprint density at radius 3 is 2.44 bits per heavy atom. The lowest BCUT2D eigenvalue weighted by Crippen LogP contribution is -2.23. The van der Waals surface area contributed by atoms with Gasteiger partial charge in [0.2, 0.25) is 0 Å². The van der Waals surface area contributed by atoms with Gasteiger partial charge in [0.05, 0.1) is 26.3 Å². The molecule has 0 aliphatic carbocycles. The number of amides is 2. The largest absolute Gasteiger partial charge is 0.493 e. The molecule has 3 aromatic carbocycles. The molecule has 10 heteroatoms. The Hall–Kier alpha value is -4.96. The number of carbonyl (C=O) groups is 1. The van der Waals surface area contributed by atoms with Crippen molar-refractivity contribution in [1.82, 2.24) is 10.0 Å². The van der Waals surface area contributed by atoms with Crippen LogP contribution in [0.2, 0.25) is 0 Å². The predicted octanol–water partition coefficient (Wildman–Crippen LogP) is 6.52. The lowest BCUT2D eigenvalue weighted by Gasteiger charge is -2.16. The summed E-state index contributed by atoms with van der Waals surface area (Å²) in [7, 11) is 3.16. The fourth-order valence-corrected chi connectivity index (χ4v) is 4.54. The third-order valence-electron chi connectivity index (χ3n) is 6.62. The molecule has 1 aliphatic rings. The number of hydrogen-bond donors (Lipinski definition) is 2. The van der Waals surface area contributed by atoms with Gasteiger partial charge < -0.3 is 34.4 Å². The van der Waals surface area contributed by atoms with E-state index in [4.69, 9.17) is 23.8 Å². The maximum atomic E-state index is 12.7. The molecule has 2 amide bonds. The molecule has 1 saturated heterocycles. The predicted molar refractivity (Wildman–Crippen MR) is 157 cm³/mol. The van der Waals surface area contributed by atoms with E-state index in [1.54, 1.807) is 50.7 Å². The summed E-state index contributed by atoms with van der Waals surface area (Å²) in [6, 6.07) is 17.8. The van der Waals surface area contributed by atoms with Crippen molar-refractivity contribution in [1.29, 1.82) is 0 Å². The first-order valence-electron chi connectivity index (χ1n) is 13.1. The minimum absolute atomic E-state index is 0.0324. The standard InChI is InChI=1S/C31H32N4O6/c1-5-39-35-15-13-24(19-35)40-23-10-8-21(9-11-23)33-31(36)34-22-7-6-20(2)28(16-22)41-27-12-14-32-26-18-30(38-4)29(37-3)17-25(26)27/h5-12,14,16-18,24H,1,13,15,19H2,2-4H3,(H2,33,34,36). The van der Waals surface area contributed by atoms with Crippen LogP contribution >= 0.6 is 0 Å². The van der Waals surface area contributed by atoms with E-state index in [1.165, 1.54) is 6.26 Å². The van der Waals surface area contributed by atoms with E-state index in [9.17, 15) is 4.79 Å². The molecule has 0 saturated carbocycles. The summed E-state index contributed by atoms with van der Waals surface area (Å²) in [5.41, 5.74) is 2.82. The van der Waals surface area contributed by atoms with Crippen LogP contribution in [0.1, 0.15) is 12.0 Å². The Morgan fingerprint density at radius 2 is 1.68 bits per heavy atom. The van der Waals surface area contributed by atoms with Crippen LogP contribution in [-0.2, 0) is 4.84 Å². The van der Waals surface area contributed by atoms with E-state index >= 15 is 0 Å². The molecule has 41 heavy (non-hydrogen) atoms. The van der Waals surface area contributed by atoms with Crippen LogP contribution in [0.25, 0.3) is 10.9 Å². The highest BCUT2D eigenvalue weighted by Gasteiger charge is 2.24. The molecule has 1 unspecified atom stereocenters. The van der Waals surface area contributed by atoms with Gasteiger partial charge in [-0.1, -0.05) is 12.6 Å². The Labute approximate surface area is 238 Å². The fraction of sp³-hybridized carbons (Fsp3) is 0.226. The van der Waals surface area contributed by atoms with E-state index in [1.807, 2.05) is 42.3 Å². The molecule has 0 spiro atoms. The Morgan fingerprint density at radius 1 is 0.951 bits per heavy atom. The number of fused-ring (bicyclic) bond motifs is 1. The summed E-state index contributed by atoms with van der Waals surface area (Å²) in [5, 5.41) is 8.29.